The minimum atomic E-state index is -0.374. The highest BCUT2D eigenvalue weighted by Gasteiger charge is 2.18. The molecule has 1 heterocycles. The van der Waals surface area contributed by atoms with Crippen molar-refractivity contribution in [3.63, 3.8) is 0 Å². The third-order valence-corrected chi connectivity index (χ3v) is 4.09. The molecule has 3 N–H and O–H groups in total. The van der Waals surface area contributed by atoms with Gasteiger partial charge in [0.15, 0.2) is 5.82 Å². The van der Waals surface area contributed by atoms with Gasteiger partial charge in [0.1, 0.15) is 0 Å². The summed E-state index contributed by atoms with van der Waals surface area (Å²) < 4.78 is 5.04. The maximum atomic E-state index is 11.8. The van der Waals surface area contributed by atoms with Crippen LogP contribution in [0.4, 0.5) is 17.2 Å². The molecule has 128 valence electrons. The molecule has 0 radical (unpaired) electrons. The zero-order chi connectivity index (χ0) is 17.9. The number of pyridine rings is 1. The topological polar surface area (TPSA) is 77.2 Å². The van der Waals surface area contributed by atoms with E-state index in [0.29, 0.717) is 28.8 Å². The molecule has 0 bridgehead atoms. The molecule has 24 heavy (non-hydrogen) atoms. The normalized spacial score (nSPS) is 11.9. The van der Waals surface area contributed by atoms with E-state index >= 15 is 0 Å². The number of nitrogens with zero attached hydrogens (tertiary/aromatic N) is 1. The van der Waals surface area contributed by atoms with Crippen molar-refractivity contribution in [3.05, 3.63) is 46.1 Å². The van der Waals surface area contributed by atoms with Gasteiger partial charge < -0.3 is 15.8 Å². The first-order valence-corrected chi connectivity index (χ1v) is 8.18. The van der Waals surface area contributed by atoms with Gasteiger partial charge in [0.2, 0.25) is 0 Å². The van der Waals surface area contributed by atoms with E-state index in [2.05, 4.69) is 10.3 Å². The molecule has 0 saturated carbocycles. The predicted molar refractivity (Wildman–Crippen MR) is 97.9 cm³/mol. The standard InChI is InChI=1S/C18H22ClN3O2/c1-5-24-18(23)12(4)13-6-7-15(14(19)9-13)22-17-16(20)10(2)8-11(3)21-17/h6-9,12H,5,20H2,1-4H3,(H,21,22). The summed E-state index contributed by atoms with van der Waals surface area (Å²) in [6.45, 7) is 7.77. The summed E-state index contributed by atoms with van der Waals surface area (Å²) in [5.74, 6) is -0.0732. The molecule has 1 aromatic heterocycles. The summed E-state index contributed by atoms with van der Waals surface area (Å²) in [7, 11) is 0. The van der Waals surface area contributed by atoms with Gasteiger partial charge in [-0.1, -0.05) is 17.7 Å². The Bertz CT molecular complexity index is 762. The molecular formula is C18H22ClN3O2. The Hall–Kier alpha value is -2.27. The van der Waals surface area contributed by atoms with E-state index in [-0.39, 0.29) is 11.9 Å². The van der Waals surface area contributed by atoms with Crippen molar-refractivity contribution in [2.75, 3.05) is 17.7 Å². The molecule has 6 heteroatoms. The molecule has 0 aliphatic heterocycles. The fraction of sp³-hybridized carbons (Fsp3) is 0.333. The number of anilines is 3. The molecule has 5 nitrogen and oxygen atoms in total. The van der Waals surface area contributed by atoms with Crippen LogP contribution in [0.3, 0.4) is 0 Å². The maximum Gasteiger partial charge on any atom is 0.313 e. The molecule has 2 aromatic rings. The smallest absolute Gasteiger partial charge is 0.313 e. The van der Waals surface area contributed by atoms with Gasteiger partial charge in [-0.15, -0.1) is 0 Å². The van der Waals surface area contributed by atoms with Crippen LogP contribution in [0.15, 0.2) is 24.3 Å². The lowest BCUT2D eigenvalue weighted by Gasteiger charge is -2.15. The lowest BCUT2D eigenvalue weighted by atomic mass is 10.0. The van der Waals surface area contributed by atoms with Crippen LogP contribution < -0.4 is 11.1 Å². The Balaban J connectivity index is 2.26. The lowest BCUT2D eigenvalue weighted by molar-refractivity contribution is -0.144. The zero-order valence-electron chi connectivity index (χ0n) is 14.3. The molecule has 0 aliphatic rings. The van der Waals surface area contributed by atoms with E-state index in [1.54, 1.807) is 19.9 Å². The second kappa shape index (κ2) is 7.53. The average Bonchev–Trinajstić information content (AvgIpc) is 2.53. The molecule has 1 atom stereocenters. The first kappa shape index (κ1) is 18.1. The van der Waals surface area contributed by atoms with Crippen molar-refractivity contribution in [2.24, 2.45) is 0 Å². The number of ether oxygens (including phenoxy) is 1. The van der Waals surface area contributed by atoms with Gasteiger partial charge in [0, 0.05) is 5.69 Å². The third-order valence-electron chi connectivity index (χ3n) is 3.78. The van der Waals surface area contributed by atoms with Crippen molar-refractivity contribution in [1.29, 1.82) is 0 Å². The van der Waals surface area contributed by atoms with Crippen molar-refractivity contribution in [2.45, 2.75) is 33.6 Å². The number of hydrogen-bond acceptors (Lipinski definition) is 5. The van der Waals surface area contributed by atoms with Crippen molar-refractivity contribution >= 4 is 34.8 Å². The molecule has 1 aromatic carbocycles. The number of carbonyl (C=O) groups is 1. The number of aryl methyl sites for hydroxylation is 2. The van der Waals surface area contributed by atoms with Crippen molar-refractivity contribution in [1.82, 2.24) is 4.98 Å². The molecular weight excluding hydrogens is 326 g/mol. The number of halogens is 1. The fourth-order valence-electron chi connectivity index (χ4n) is 2.37. The molecule has 0 fully saturated rings. The van der Waals surface area contributed by atoms with Crippen LogP contribution >= 0.6 is 11.6 Å². The Morgan fingerprint density at radius 3 is 2.71 bits per heavy atom. The number of hydrogen-bond donors (Lipinski definition) is 2. The molecule has 1 unspecified atom stereocenters. The van der Waals surface area contributed by atoms with E-state index < -0.39 is 0 Å². The summed E-state index contributed by atoms with van der Waals surface area (Å²) in [6.07, 6.45) is 0. The van der Waals surface area contributed by atoms with Crippen LogP contribution in [-0.4, -0.2) is 17.6 Å². The number of nitrogen functional groups attached to an aromatic ring is 1. The largest absolute Gasteiger partial charge is 0.466 e. The number of nitrogens with one attached hydrogen (secondary N) is 1. The predicted octanol–water partition coefficient (Wildman–Crippen LogP) is 4.34. The van der Waals surface area contributed by atoms with Crippen LogP contribution in [-0.2, 0) is 9.53 Å². The van der Waals surface area contributed by atoms with E-state index in [0.717, 1.165) is 16.8 Å². The summed E-state index contributed by atoms with van der Waals surface area (Å²) in [5, 5.41) is 3.65. The van der Waals surface area contributed by atoms with Gasteiger partial charge in [0.25, 0.3) is 0 Å². The number of aromatic nitrogens is 1. The van der Waals surface area contributed by atoms with Gasteiger partial charge in [0.05, 0.1) is 28.9 Å². The van der Waals surface area contributed by atoms with Gasteiger partial charge in [-0.2, -0.15) is 0 Å². The third kappa shape index (κ3) is 3.97. The average molecular weight is 348 g/mol. The number of nitrogens with two attached hydrogens (primary N) is 1. The second-order valence-electron chi connectivity index (χ2n) is 5.68. The Morgan fingerprint density at radius 1 is 1.38 bits per heavy atom. The first-order chi connectivity index (χ1) is 11.3. The number of carbonyl (C=O) groups excluding carboxylic acids is 1. The Kier molecular flexibility index (Phi) is 5.67. The van der Waals surface area contributed by atoms with Crippen LogP contribution in [0.5, 0.6) is 0 Å². The molecule has 0 aliphatic carbocycles. The van der Waals surface area contributed by atoms with Crippen LogP contribution in [0.2, 0.25) is 5.02 Å². The van der Waals surface area contributed by atoms with E-state index in [1.807, 2.05) is 32.0 Å². The number of esters is 1. The summed E-state index contributed by atoms with van der Waals surface area (Å²) in [5.41, 5.74) is 9.95. The fourth-order valence-corrected chi connectivity index (χ4v) is 2.61. The minimum absolute atomic E-state index is 0.269. The summed E-state index contributed by atoms with van der Waals surface area (Å²) in [6, 6.07) is 7.33. The van der Waals surface area contributed by atoms with Crippen LogP contribution in [0.1, 0.15) is 36.6 Å². The lowest BCUT2D eigenvalue weighted by Crippen LogP contribution is -2.13. The first-order valence-electron chi connectivity index (χ1n) is 7.80. The maximum absolute atomic E-state index is 11.8. The number of benzene rings is 1. The summed E-state index contributed by atoms with van der Waals surface area (Å²) in [4.78, 5) is 16.3. The monoisotopic (exact) mass is 347 g/mol. The number of rotatable bonds is 5. The molecule has 2 rings (SSSR count). The second-order valence-corrected chi connectivity index (χ2v) is 6.09. The highest BCUT2D eigenvalue weighted by atomic mass is 35.5. The van der Waals surface area contributed by atoms with Gasteiger partial charge in [-0.3, -0.25) is 4.79 Å². The molecule has 0 spiro atoms. The van der Waals surface area contributed by atoms with Crippen molar-refractivity contribution in [3.8, 4) is 0 Å². The van der Waals surface area contributed by atoms with Gasteiger partial charge in [-0.25, -0.2) is 4.98 Å². The minimum Gasteiger partial charge on any atom is -0.466 e. The quantitative estimate of drug-likeness (QED) is 0.786. The van der Waals surface area contributed by atoms with Crippen LogP contribution in [0, 0.1) is 13.8 Å². The van der Waals surface area contributed by atoms with E-state index in [9.17, 15) is 4.79 Å². The van der Waals surface area contributed by atoms with E-state index in [1.165, 1.54) is 0 Å². The Morgan fingerprint density at radius 2 is 2.08 bits per heavy atom. The van der Waals surface area contributed by atoms with Gasteiger partial charge in [-0.05, 0) is 57.0 Å². The van der Waals surface area contributed by atoms with Crippen molar-refractivity contribution < 1.29 is 9.53 Å². The van der Waals surface area contributed by atoms with E-state index in [4.69, 9.17) is 22.1 Å². The highest BCUT2D eigenvalue weighted by molar-refractivity contribution is 6.33. The SMILES string of the molecule is CCOC(=O)C(C)c1ccc(Nc2nc(C)cc(C)c2N)c(Cl)c1. The zero-order valence-corrected chi connectivity index (χ0v) is 15.1. The Labute approximate surface area is 147 Å². The summed E-state index contributed by atoms with van der Waals surface area (Å²) >= 11 is 6.35. The molecule has 0 saturated heterocycles. The van der Waals surface area contributed by atoms with Crippen LogP contribution in [0.25, 0.3) is 0 Å². The molecule has 0 amide bonds. The van der Waals surface area contributed by atoms with Gasteiger partial charge >= 0.3 is 5.97 Å². The highest BCUT2D eigenvalue weighted by Crippen LogP contribution is 2.31.